The summed E-state index contributed by atoms with van der Waals surface area (Å²) in [6, 6.07) is 10.8. The van der Waals surface area contributed by atoms with Crippen LogP contribution in [0.3, 0.4) is 0 Å². The van der Waals surface area contributed by atoms with Crippen LogP contribution in [0.2, 0.25) is 0 Å². The lowest BCUT2D eigenvalue weighted by Crippen LogP contribution is -1.99. The minimum Gasteiger partial charge on any atom is -0.378 e. The van der Waals surface area contributed by atoms with Gasteiger partial charge in [-0.2, -0.15) is 4.98 Å². The van der Waals surface area contributed by atoms with Crippen molar-refractivity contribution in [1.29, 1.82) is 0 Å². The molecule has 1 aromatic carbocycles. The van der Waals surface area contributed by atoms with Crippen LogP contribution >= 0.6 is 15.9 Å². The molecule has 0 saturated heterocycles. The van der Waals surface area contributed by atoms with E-state index in [9.17, 15) is 5.11 Å². The molecule has 1 atom stereocenters. The molecule has 3 rings (SSSR count). The van der Waals surface area contributed by atoms with Crippen molar-refractivity contribution in [2.45, 2.75) is 6.10 Å². The van der Waals surface area contributed by atoms with Crippen LogP contribution in [0.5, 0.6) is 0 Å². The summed E-state index contributed by atoms with van der Waals surface area (Å²) in [6.45, 7) is 0. The molecule has 0 aliphatic carbocycles. The molecule has 2 aromatic heterocycles. The molecule has 3 aromatic rings. The zero-order valence-electron chi connectivity index (χ0n) is 10.3. The van der Waals surface area contributed by atoms with Crippen molar-refractivity contribution < 1.29 is 9.63 Å². The van der Waals surface area contributed by atoms with Crippen molar-refractivity contribution in [2.24, 2.45) is 0 Å². The summed E-state index contributed by atoms with van der Waals surface area (Å²) in [5.41, 5.74) is 1.48. The van der Waals surface area contributed by atoms with Gasteiger partial charge in [-0.3, -0.25) is 4.98 Å². The van der Waals surface area contributed by atoms with Crippen molar-refractivity contribution in [1.82, 2.24) is 15.1 Å². The predicted octanol–water partition coefficient (Wildman–Crippen LogP) is 2.98. The largest absolute Gasteiger partial charge is 0.378 e. The van der Waals surface area contributed by atoms with Gasteiger partial charge in [-0.05, 0) is 29.8 Å². The molecule has 0 aliphatic heterocycles. The highest BCUT2D eigenvalue weighted by atomic mass is 79.9. The van der Waals surface area contributed by atoms with Gasteiger partial charge in [0.2, 0.25) is 5.82 Å². The Morgan fingerprint density at radius 2 is 1.75 bits per heavy atom. The van der Waals surface area contributed by atoms with E-state index in [-0.39, 0.29) is 5.89 Å². The summed E-state index contributed by atoms with van der Waals surface area (Å²) < 4.78 is 6.06. The molecule has 0 fully saturated rings. The normalized spacial score (nSPS) is 12.3. The number of aliphatic hydroxyl groups is 1. The minimum absolute atomic E-state index is 0.166. The maximum atomic E-state index is 10.2. The summed E-state index contributed by atoms with van der Waals surface area (Å²) in [5.74, 6) is 0.595. The smallest absolute Gasteiger partial charge is 0.260 e. The second-order valence-corrected chi connectivity index (χ2v) is 5.06. The maximum Gasteiger partial charge on any atom is 0.260 e. The third kappa shape index (κ3) is 2.61. The Kier molecular flexibility index (Phi) is 3.58. The Hall–Kier alpha value is -2.05. The van der Waals surface area contributed by atoms with Gasteiger partial charge in [-0.1, -0.05) is 33.2 Å². The van der Waals surface area contributed by atoms with Gasteiger partial charge in [0.05, 0.1) is 0 Å². The number of benzene rings is 1. The highest BCUT2D eigenvalue weighted by molar-refractivity contribution is 9.10. The number of aliphatic hydroxyl groups excluding tert-OH is 1. The van der Waals surface area contributed by atoms with Crippen molar-refractivity contribution in [2.75, 3.05) is 0 Å². The van der Waals surface area contributed by atoms with Crippen molar-refractivity contribution in [3.63, 3.8) is 0 Å². The molecule has 6 heteroatoms. The first-order valence-corrected chi connectivity index (χ1v) is 6.71. The van der Waals surface area contributed by atoms with Gasteiger partial charge in [0, 0.05) is 22.4 Å². The van der Waals surface area contributed by atoms with Crippen LogP contribution in [0.1, 0.15) is 17.6 Å². The summed E-state index contributed by atoms with van der Waals surface area (Å²) >= 11 is 3.35. The van der Waals surface area contributed by atoms with E-state index < -0.39 is 6.10 Å². The van der Waals surface area contributed by atoms with E-state index in [4.69, 9.17) is 4.52 Å². The lowest BCUT2D eigenvalue weighted by molar-refractivity contribution is 0.170. The third-order valence-corrected chi connectivity index (χ3v) is 3.33. The van der Waals surface area contributed by atoms with E-state index in [2.05, 4.69) is 31.1 Å². The molecule has 5 nitrogen and oxygen atoms in total. The average molecular weight is 332 g/mol. The van der Waals surface area contributed by atoms with Gasteiger partial charge in [0.1, 0.15) is 0 Å². The van der Waals surface area contributed by atoms with E-state index >= 15 is 0 Å². The Labute approximate surface area is 123 Å². The quantitative estimate of drug-likeness (QED) is 0.798. The lowest BCUT2D eigenvalue weighted by atomic mass is 10.1. The summed E-state index contributed by atoms with van der Waals surface area (Å²) in [6.07, 6.45) is 2.36. The topological polar surface area (TPSA) is 72.0 Å². The van der Waals surface area contributed by atoms with Crippen molar-refractivity contribution in [3.05, 3.63) is 64.7 Å². The number of halogens is 1. The molecule has 1 N–H and O–H groups in total. The first kappa shape index (κ1) is 13.0. The highest BCUT2D eigenvalue weighted by Crippen LogP contribution is 2.24. The molecule has 0 spiro atoms. The molecule has 2 heterocycles. The van der Waals surface area contributed by atoms with Crippen molar-refractivity contribution >= 4 is 15.9 Å². The Bertz CT molecular complexity index is 698. The lowest BCUT2D eigenvalue weighted by Gasteiger charge is -2.05. The van der Waals surface area contributed by atoms with Crippen LogP contribution < -0.4 is 0 Å². The molecule has 1 unspecified atom stereocenters. The molecule has 100 valence electrons. The number of aromatic nitrogens is 3. The third-order valence-electron chi connectivity index (χ3n) is 2.80. The van der Waals surface area contributed by atoms with Crippen LogP contribution in [0.4, 0.5) is 0 Å². The Morgan fingerprint density at radius 3 is 2.45 bits per heavy atom. The Morgan fingerprint density at radius 1 is 1.05 bits per heavy atom. The van der Waals surface area contributed by atoms with Gasteiger partial charge in [0.15, 0.2) is 6.10 Å². The standard InChI is InChI=1S/C14H10BrN3O2/c15-11-3-1-9(2-4-11)12(19)14-17-13(18-20-14)10-5-7-16-8-6-10/h1-8,12,19H. The van der Waals surface area contributed by atoms with Gasteiger partial charge >= 0.3 is 0 Å². The van der Waals surface area contributed by atoms with Gasteiger partial charge in [-0.15, -0.1) is 0 Å². The molecule has 0 aliphatic rings. The molecule has 0 saturated carbocycles. The van der Waals surface area contributed by atoms with Crippen LogP contribution in [0, 0.1) is 0 Å². The first-order valence-electron chi connectivity index (χ1n) is 5.91. The Balaban J connectivity index is 1.88. The van der Waals surface area contributed by atoms with Gasteiger partial charge in [0.25, 0.3) is 5.89 Å². The van der Waals surface area contributed by atoms with E-state index in [1.165, 1.54) is 0 Å². The number of pyridine rings is 1. The highest BCUT2D eigenvalue weighted by Gasteiger charge is 2.18. The zero-order valence-corrected chi connectivity index (χ0v) is 11.9. The van der Waals surface area contributed by atoms with E-state index in [0.29, 0.717) is 11.4 Å². The maximum absolute atomic E-state index is 10.2. The molecular formula is C14H10BrN3O2. The number of nitrogens with zero attached hydrogens (tertiary/aromatic N) is 3. The summed E-state index contributed by atoms with van der Waals surface area (Å²) in [4.78, 5) is 8.14. The first-order chi connectivity index (χ1) is 9.74. The van der Waals surface area contributed by atoms with Crippen molar-refractivity contribution in [3.8, 4) is 11.4 Å². The molecular weight excluding hydrogens is 322 g/mol. The van der Waals surface area contributed by atoms with Crippen LogP contribution in [0.15, 0.2) is 57.8 Å². The monoisotopic (exact) mass is 331 g/mol. The van der Waals surface area contributed by atoms with Crippen LogP contribution in [0.25, 0.3) is 11.4 Å². The van der Waals surface area contributed by atoms with Crippen LogP contribution in [-0.4, -0.2) is 20.2 Å². The zero-order chi connectivity index (χ0) is 13.9. The second kappa shape index (κ2) is 5.52. The molecule has 0 amide bonds. The van der Waals surface area contributed by atoms with E-state index in [0.717, 1.165) is 10.0 Å². The van der Waals surface area contributed by atoms with Gasteiger partial charge < -0.3 is 9.63 Å². The number of hydrogen-bond donors (Lipinski definition) is 1. The summed E-state index contributed by atoms with van der Waals surface area (Å²) in [7, 11) is 0. The minimum atomic E-state index is -0.939. The number of hydrogen-bond acceptors (Lipinski definition) is 5. The summed E-state index contributed by atoms with van der Waals surface area (Å²) in [5, 5.41) is 14.1. The fourth-order valence-electron chi connectivity index (χ4n) is 1.75. The van der Waals surface area contributed by atoms with E-state index in [1.54, 1.807) is 36.7 Å². The second-order valence-electron chi connectivity index (χ2n) is 4.15. The predicted molar refractivity (Wildman–Crippen MR) is 75.7 cm³/mol. The average Bonchev–Trinajstić information content (AvgIpc) is 2.98. The SMILES string of the molecule is OC(c1ccc(Br)cc1)c1nc(-c2ccncc2)no1. The number of rotatable bonds is 3. The molecule has 0 bridgehead atoms. The van der Waals surface area contributed by atoms with Crippen LogP contribution in [-0.2, 0) is 0 Å². The molecule has 0 radical (unpaired) electrons. The van der Waals surface area contributed by atoms with Gasteiger partial charge in [-0.25, -0.2) is 0 Å². The molecule has 20 heavy (non-hydrogen) atoms. The fourth-order valence-corrected chi connectivity index (χ4v) is 2.02. The fraction of sp³-hybridized carbons (Fsp3) is 0.0714. The van der Waals surface area contributed by atoms with E-state index in [1.807, 2.05) is 12.1 Å².